The third-order valence-electron chi connectivity index (χ3n) is 6.59. The van der Waals surface area contributed by atoms with Crippen molar-refractivity contribution in [3.05, 3.63) is 94.1 Å². The fourth-order valence-electron chi connectivity index (χ4n) is 4.20. The summed E-state index contributed by atoms with van der Waals surface area (Å²) in [5.74, 6) is 0.177. The van der Waals surface area contributed by atoms with Gasteiger partial charge in [0.15, 0.2) is 5.82 Å². The van der Waals surface area contributed by atoms with Crippen LogP contribution in [0.25, 0.3) is 0 Å². The zero-order chi connectivity index (χ0) is 29.7. The Morgan fingerprint density at radius 1 is 0.738 bits per heavy atom. The molecule has 0 fully saturated rings. The second-order valence-electron chi connectivity index (χ2n) is 9.96. The molecule has 0 unspecified atom stereocenters. The van der Waals surface area contributed by atoms with Crippen molar-refractivity contribution in [1.29, 1.82) is 0 Å². The van der Waals surface area contributed by atoms with Crippen LogP contribution in [0.4, 0.5) is 10.9 Å². The number of aromatic nitrogens is 4. The highest BCUT2D eigenvalue weighted by Gasteiger charge is 2.12. The summed E-state index contributed by atoms with van der Waals surface area (Å²) in [6.07, 6.45) is 4.07. The summed E-state index contributed by atoms with van der Waals surface area (Å²) in [4.78, 5) is 38.7. The lowest BCUT2D eigenvalue weighted by molar-refractivity contribution is -0.129. The summed E-state index contributed by atoms with van der Waals surface area (Å²) >= 11 is 1.37. The fourth-order valence-corrected chi connectivity index (χ4v) is 5.00. The standard InChI is InChI=1S/C31H35N7O3S/c1-3-38(2)30(41)21-24-13-9-12-23(18-24)20-28(40)33-31-37-36-29(42-31)15-8-7-14-25-16-17-26(35-34-25)32-27(39)19-22-10-5-4-6-11-22/h4-6,9-13,16-18H,3,7-8,14-15,19-21H2,1-2H3,(H,32,35,39)(H,33,37,40). The Morgan fingerprint density at radius 2 is 1.43 bits per heavy atom. The van der Waals surface area contributed by atoms with Gasteiger partial charge in [-0.1, -0.05) is 65.9 Å². The van der Waals surface area contributed by atoms with E-state index in [1.165, 1.54) is 11.3 Å². The van der Waals surface area contributed by atoms with Crippen LogP contribution in [0, 0.1) is 0 Å². The van der Waals surface area contributed by atoms with E-state index in [1.54, 1.807) is 18.0 Å². The molecule has 2 N–H and O–H groups in total. The molecule has 42 heavy (non-hydrogen) atoms. The van der Waals surface area contributed by atoms with Gasteiger partial charge in [0, 0.05) is 20.0 Å². The van der Waals surface area contributed by atoms with Gasteiger partial charge in [-0.2, -0.15) is 5.10 Å². The van der Waals surface area contributed by atoms with Gasteiger partial charge in [-0.05, 0) is 55.0 Å². The summed E-state index contributed by atoms with van der Waals surface area (Å²) in [6, 6.07) is 20.7. The van der Waals surface area contributed by atoms with Crippen molar-refractivity contribution in [2.24, 2.45) is 0 Å². The molecule has 0 atom stereocenters. The van der Waals surface area contributed by atoms with E-state index in [0.717, 1.165) is 53.1 Å². The molecular formula is C31H35N7O3S. The maximum absolute atomic E-state index is 12.6. The van der Waals surface area contributed by atoms with E-state index >= 15 is 0 Å². The summed E-state index contributed by atoms with van der Waals surface area (Å²) in [5, 5.41) is 23.6. The molecular weight excluding hydrogens is 550 g/mol. The lowest BCUT2D eigenvalue weighted by Crippen LogP contribution is -2.27. The fraction of sp³-hybridized carbons (Fsp3) is 0.323. The molecule has 2 aromatic carbocycles. The topological polar surface area (TPSA) is 130 Å². The van der Waals surface area contributed by atoms with Gasteiger partial charge in [-0.3, -0.25) is 14.4 Å². The predicted molar refractivity (Wildman–Crippen MR) is 163 cm³/mol. The number of carbonyl (C=O) groups is 3. The number of hydrogen-bond acceptors (Lipinski definition) is 8. The number of likely N-dealkylation sites (N-methyl/N-ethyl adjacent to an activating group) is 1. The molecule has 218 valence electrons. The van der Waals surface area contributed by atoms with Crippen LogP contribution in [-0.2, 0) is 46.5 Å². The normalized spacial score (nSPS) is 10.7. The van der Waals surface area contributed by atoms with E-state index in [-0.39, 0.29) is 30.6 Å². The van der Waals surface area contributed by atoms with E-state index in [2.05, 4.69) is 31.0 Å². The van der Waals surface area contributed by atoms with E-state index in [9.17, 15) is 14.4 Å². The van der Waals surface area contributed by atoms with Gasteiger partial charge in [0.05, 0.1) is 25.0 Å². The molecule has 3 amide bonds. The molecule has 0 radical (unpaired) electrons. The molecule has 0 saturated heterocycles. The molecule has 0 saturated carbocycles. The summed E-state index contributed by atoms with van der Waals surface area (Å²) < 4.78 is 0. The van der Waals surface area contributed by atoms with Crippen molar-refractivity contribution in [1.82, 2.24) is 25.3 Å². The molecule has 11 heteroatoms. The average Bonchev–Trinajstić information content (AvgIpc) is 3.43. The van der Waals surface area contributed by atoms with Gasteiger partial charge in [0.2, 0.25) is 22.9 Å². The van der Waals surface area contributed by atoms with Crippen molar-refractivity contribution >= 4 is 40.0 Å². The Bertz CT molecular complexity index is 1480. The Kier molecular flexibility index (Phi) is 11.2. The summed E-state index contributed by atoms with van der Waals surface area (Å²) in [7, 11) is 1.78. The largest absolute Gasteiger partial charge is 0.346 e. The highest BCUT2D eigenvalue weighted by Crippen LogP contribution is 2.18. The first-order valence-corrected chi connectivity index (χ1v) is 14.8. The minimum absolute atomic E-state index is 0.0477. The molecule has 2 heterocycles. The predicted octanol–water partition coefficient (Wildman–Crippen LogP) is 4.28. The van der Waals surface area contributed by atoms with Gasteiger partial charge in [-0.15, -0.1) is 15.3 Å². The average molecular weight is 586 g/mol. The van der Waals surface area contributed by atoms with Gasteiger partial charge in [0.1, 0.15) is 5.01 Å². The second kappa shape index (κ2) is 15.5. The first-order chi connectivity index (χ1) is 20.4. The third-order valence-corrected chi connectivity index (χ3v) is 7.49. The third kappa shape index (κ3) is 9.84. The van der Waals surface area contributed by atoms with E-state index in [1.807, 2.05) is 67.6 Å². The number of amides is 3. The lowest BCUT2D eigenvalue weighted by atomic mass is 10.1. The molecule has 0 aliphatic heterocycles. The molecule has 0 aliphatic rings. The van der Waals surface area contributed by atoms with Gasteiger partial charge in [-0.25, -0.2) is 0 Å². The minimum Gasteiger partial charge on any atom is -0.346 e. The number of hydrogen-bond donors (Lipinski definition) is 2. The zero-order valence-electron chi connectivity index (χ0n) is 23.9. The van der Waals surface area contributed by atoms with Crippen LogP contribution in [0.2, 0.25) is 0 Å². The molecule has 0 bridgehead atoms. The van der Waals surface area contributed by atoms with Gasteiger partial charge < -0.3 is 15.5 Å². The van der Waals surface area contributed by atoms with E-state index in [4.69, 9.17) is 0 Å². The first-order valence-electron chi connectivity index (χ1n) is 14.0. The SMILES string of the molecule is CCN(C)C(=O)Cc1cccc(CC(=O)Nc2nnc(CCCCc3ccc(NC(=O)Cc4ccccc4)nn3)s2)c1. The Balaban J connectivity index is 1.15. The lowest BCUT2D eigenvalue weighted by Gasteiger charge is -2.14. The van der Waals surface area contributed by atoms with Crippen molar-refractivity contribution in [3.63, 3.8) is 0 Å². The highest BCUT2D eigenvalue weighted by atomic mass is 32.1. The summed E-state index contributed by atoms with van der Waals surface area (Å²) in [6.45, 7) is 2.59. The summed E-state index contributed by atoms with van der Waals surface area (Å²) in [5.41, 5.74) is 3.52. The molecule has 10 nitrogen and oxygen atoms in total. The number of anilines is 2. The van der Waals surface area contributed by atoms with Crippen molar-refractivity contribution in [3.8, 4) is 0 Å². The Morgan fingerprint density at radius 3 is 2.17 bits per heavy atom. The second-order valence-corrected chi connectivity index (χ2v) is 11.0. The Labute approximate surface area is 249 Å². The monoisotopic (exact) mass is 585 g/mol. The van der Waals surface area contributed by atoms with Crippen LogP contribution in [0.1, 0.15) is 47.2 Å². The molecule has 0 spiro atoms. The molecule has 0 aliphatic carbocycles. The number of nitrogens with one attached hydrogen (secondary N) is 2. The number of benzene rings is 2. The minimum atomic E-state index is -0.176. The van der Waals surface area contributed by atoms with Crippen molar-refractivity contribution in [2.75, 3.05) is 24.2 Å². The van der Waals surface area contributed by atoms with Crippen LogP contribution in [0.3, 0.4) is 0 Å². The van der Waals surface area contributed by atoms with E-state index in [0.29, 0.717) is 23.9 Å². The van der Waals surface area contributed by atoms with E-state index < -0.39 is 0 Å². The molecule has 4 rings (SSSR count). The number of carbonyl (C=O) groups excluding carboxylic acids is 3. The quantitative estimate of drug-likeness (QED) is 0.211. The maximum Gasteiger partial charge on any atom is 0.230 e. The zero-order valence-corrected chi connectivity index (χ0v) is 24.7. The molecule has 2 aromatic heterocycles. The molecule has 4 aromatic rings. The van der Waals surface area contributed by atoms with Gasteiger partial charge >= 0.3 is 0 Å². The highest BCUT2D eigenvalue weighted by molar-refractivity contribution is 7.15. The number of nitrogens with zero attached hydrogens (tertiary/aromatic N) is 5. The van der Waals surface area contributed by atoms with Crippen LogP contribution in [0.5, 0.6) is 0 Å². The number of unbranched alkanes of at least 4 members (excludes halogenated alkanes) is 1. The number of aryl methyl sites for hydroxylation is 2. The first kappa shape index (κ1) is 30.4. The van der Waals surface area contributed by atoms with Crippen LogP contribution in [-0.4, -0.2) is 56.6 Å². The Hall–Kier alpha value is -4.51. The van der Waals surface area contributed by atoms with Gasteiger partial charge in [0.25, 0.3) is 0 Å². The van der Waals surface area contributed by atoms with Crippen LogP contribution in [0.15, 0.2) is 66.7 Å². The smallest absolute Gasteiger partial charge is 0.230 e. The number of rotatable bonds is 14. The van der Waals surface area contributed by atoms with Crippen molar-refractivity contribution < 1.29 is 14.4 Å². The maximum atomic E-state index is 12.6. The van der Waals surface area contributed by atoms with Crippen molar-refractivity contribution in [2.45, 2.75) is 51.9 Å². The van der Waals surface area contributed by atoms with Crippen LogP contribution < -0.4 is 10.6 Å². The van der Waals surface area contributed by atoms with Crippen LogP contribution >= 0.6 is 11.3 Å².